The van der Waals surface area contributed by atoms with Gasteiger partial charge in [0.15, 0.2) is 5.78 Å². The van der Waals surface area contributed by atoms with Crippen molar-refractivity contribution in [2.45, 2.75) is 83.8 Å². The van der Waals surface area contributed by atoms with Crippen LogP contribution in [0.2, 0.25) is 0 Å². The van der Waals surface area contributed by atoms with Crippen molar-refractivity contribution in [1.29, 1.82) is 0 Å². The normalized spacial score (nSPS) is 53.9. The van der Waals surface area contributed by atoms with E-state index in [9.17, 15) is 15.0 Å². The van der Waals surface area contributed by atoms with Crippen LogP contribution in [-0.4, -0.2) is 27.7 Å². The maximum Gasteiger partial charge on any atom is 0.155 e. The van der Waals surface area contributed by atoms with Gasteiger partial charge in [0.05, 0.1) is 11.7 Å². The predicted molar refractivity (Wildman–Crippen MR) is 93.3 cm³/mol. The minimum Gasteiger partial charge on any atom is -0.393 e. The van der Waals surface area contributed by atoms with Gasteiger partial charge in [0, 0.05) is 11.8 Å². The Kier molecular flexibility index (Phi) is 3.61. The van der Waals surface area contributed by atoms with E-state index in [4.69, 9.17) is 0 Å². The van der Waals surface area contributed by atoms with Crippen LogP contribution in [0.5, 0.6) is 0 Å². The first-order valence-electron chi connectivity index (χ1n) is 9.89. The Morgan fingerprint density at radius 3 is 2.67 bits per heavy atom. The van der Waals surface area contributed by atoms with Crippen molar-refractivity contribution in [3.05, 3.63) is 11.6 Å². The molecule has 7 atom stereocenters. The SMILES string of the molecule is CC[C@@]1(O)CCC2[C@@H]3CCC4=CC(=O)CC[C@]4(C)[C@H]3[C@@H](O)C[C@@]21C. The van der Waals surface area contributed by atoms with Crippen LogP contribution in [-0.2, 0) is 4.79 Å². The molecule has 1 unspecified atom stereocenters. The van der Waals surface area contributed by atoms with Gasteiger partial charge in [0.2, 0.25) is 0 Å². The number of hydrogen-bond acceptors (Lipinski definition) is 3. The van der Waals surface area contributed by atoms with Crippen LogP contribution in [0.15, 0.2) is 11.6 Å². The van der Waals surface area contributed by atoms with Crippen molar-refractivity contribution in [3.8, 4) is 0 Å². The Labute approximate surface area is 145 Å². The first kappa shape index (κ1) is 16.8. The number of allylic oxidation sites excluding steroid dienone is 1. The molecule has 3 nitrogen and oxygen atoms in total. The molecule has 0 aromatic heterocycles. The molecule has 4 aliphatic rings. The molecule has 0 radical (unpaired) electrons. The molecule has 0 aliphatic heterocycles. The van der Waals surface area contributed by atoms with Crippen molar-refractivity contribution in [2.24, 2.45) is 28.6 Å². The summed E-state index contributed by atoms with van der Waals surface area (Å²) in [7, 11) is 0. The quantitative estimate of drug-likeness (QED) is 0.771. The second-order valence-corrected chi connectivity index (χ2v) is 9.50. The standard InChI is InChI=1S/C21H32O3/c1-4-21(24)10-8-16-15-6-5-13-11-14(22)7-9-19(13,2)18(15)17(23)12-20(16,21)3/h11,15-18,23-24H,4-10,12H2,1-3H3/t15-,16?,17-,18+,19-,20-,21+/m0/s1. The summed E-state index contributed by atoms with van der Waals surface area (Å²) in [6.07, 6.45) is 8.53. The minimum atomic E-state index is -0.622. The third-order valence-corrected chi connectivity index (χ3v) is 8.80. The van der Waals surface area contributed by atoms with Gasteiger partial charge in [-0.05, 0) is 74.2 Å². The van der Waals surface area contributed by atoms with Gasteiger partial charge in [0.25, 0.3) is 0 Å². The second kappa shape index (κ2) is 5.17. The summed E-state index contributed by atoms with van der Waals surface area (Å²) in [4.78, 5) is 11.9. The summed E-state index contributed by atoms with van der Waals surface area (Å²) in [5, 5.41) is 22.4. The molecule has 4 aliphatic carbocycles. The summed E-state index contributed by atoms with van der Waals surface area (Å²) >= 11 is 0. The van der Waals surface area contributed by atoms with Crippen LogP contribution in [0, 0.1) is 28.6 Å². The van der Waals surface area contributed by atoms with Crippen LogP contribution >= 0.6 is 0 Å². The Balaban J connectivity index is 1.74. The topological polar surface area (TPSA) is 57.5 Å². The van der Waals surface area contributed by atoms with Crippen LogP contribution < -0.4 is 0 Å². The van der Waals surface area contributed by atoms with Crippen LogP contribution in [0.25, 0.3) is 0 Å². The highest BCUT2D eigenvalue weighted by Gasteiger charge is 2.65. The molecular weight excluding hydrogens is 300 g/mol. The van der Waals surface area contributed by atoms with E-state index in [1.165, 1.54) is 5.57 Å². The molecule has 24 heavy (non-hydrogen) atoms. The molecule has 0 aromatic rings. The highest BCUT2D eigenvalue weighted by molar-refractivity contribution is 5.91. The van der Waals surface area contributed by atoms with Crippen LogP contribution in [0.1, 0.15) is 72.1 Å². The maximum atomic E-state index is 11.9. The van der Waals surface area contributed by atoms with E-state index in [1.807, 2.05) is 6.08 Å². The summed E-state index contributed by atoms with van der Waals surface area (Å²) < 4.78 is 0. The fourth-order valence-corrected chi connectivity index (χ4v) is 7.36. The average Bonchev–Trinajstić information content (AvgIpc) is 2.79. The molecule has 0 aromatic carbocycles. The van der Waals surface area contributed by atoms with Crippen molar-refractivity contribution < 1.29 is 15.0 Å². The third kappa shape index (κ3) is 1.94. The van der Waals surface area contributed by atoms with Gasteiger partial charge in [-0.2, -0.15) is 0 Å². The van der Waals surface area contributed by atoms with Gasteiger partial charge in [-0.1, -0.05) is 26.3 Å². The number of carbonyl (C=O) groups excluding carboxylic acids is 1. The lowest BCUT2D eigenvalue weighted by molar-refractivity contribution is -0.172. The van der Waals surface area contributed by atoms with Crippen LogP contribution in [0.3, 0.4) is 0 Å². The highest BCUT2D eigenvalue weighted by atomic mass is 16.3. The largest absolute Gasteiger partial charge is 0.393 e. The number of hydrogen-bond donors (Lipinski definition) is 2. The van der Waals surface area contributed by atoms with Gasteiger partial charge in [-0.15, -0.1) is 0 Å². The Morgan fingerprint density at radius 1 is 1.21 bits per heavy atom. The van der Waals surface area contributed by atoms with E-state index >= 15 is 0 Å². The van der Waals surface area contributed by atoms with E-state index in [-0.39, 0.29) is 28.6 Å². The zero-order valence-corrected chi connectivity index (χ0v) is 15.3. The lowest BCUT2D eigenvalue weighted by Crippen LogP contribution is -2.59. The predicted octanol–water partition coefficient (Wildman–Crippen LogP) is 3.63. The third-order valence-electron chi connectivity index (χ3n) is 8.80. The van der Waals surface area contributed by atoms with Gasteiger partial charge in [-0.25, -0.2) is 0 Å². The van der Waals surface area contributed by atoms with Gasteiger partial charge >= 0.3 is 0 Å². The molecule has 4 rings (SSSR count). The first-order chi connectivity index (χ1) is 11.2. The minimum absolute atomic E-state index is 0.0233. The molecule has 0 spiro atoms. The molecule has 0 saturated heterocycles. The van der Waals surface area contributed by atoms with Gasteiger partial charge in [-0.3, -0.25) is 4.79 Å². The smallest absolute Gasteiger partial charge is 0.155 e. The molecule has 134 valence electrons. The van der Waals surface area contributed by atoms with E-state index in [2.05, 4.69) is 20.8 Å². The molecular formula is C21H32O3. The summed E-state index contributed by atoms with van der Waals surface area (Å²) in [5.74, 6) is 1.50. The summed E-state index contributed by atoms with van der Waals surface area (Å²) in [5.41, 5.74) is 0.476. The van der Waals surface area contributed by atoms with Crippen molar-refractivity contribution >= 4 is 5.78 Å². The number of carbonyl (C=O) groups is 1. The summed E-state index contributed by atoms with van der Waals surface area (Å²) in [6.45, 7) is 6.60. The Hall–Kier alpha value is -0.670. The lowest BCUT2D eigenvalue weighted by atomic mass is 9.45. The van der Waals surface area contributed by atoms with E-state index < -0.39 is 5.60 Å². The van der Waals surface area contributed by atoms with E-state index in [1.54, 1.807) is 0 Å². The molecule has 0 heterocycles. The molecule has 3 fully saturated rings. The number of fused-ring (bicyclic) bond motifs is 5. The molecule has 3 saturated carbocycles. The molecule has 2 N–H and O–H groups in total. The number of aliphatic hydroxyl groups excluding tert-OH is 1. The van der Waals surface area contributed by atoms with Gasteiger partial charge in [0.1, 0.15) is 0 Å². The second-order valence-electron chi connectivity index (χ2n) is 9.50. The van der Waals surface area contributed by atoms with Crippen molar-refractivity contribution in [2.75, 3.05) is 0 Å². The van der Waals surface area contributed by atoms with E-state index in [0.717, 1.165) is 38.5 Å². The summed E-state index contributed by atoms with van der Waals surface area (Å²) in [6, 6.07) is 0. The van der Waals surface area contributed by atoms with Crippen molar-refractivity contribution in [3.63, 3.8) is 0 Å². The van der Waals surface area contributed by atoms with Gasteiger partial charge < -0.3 is 10.2 Å². The Bertz CT molecular complexity index is 596. The molecule has 0 amide bonds. The highest BCUT2D eigenvalue weighted by Crippen LogP contribution is 2.67. The van der Waals surface area contributed by atoms with Crippen molar-refractivity contribution in [1.82, 2.24) is 0 Å². The number of aliphatic hydroxyl groups is 2. The van der Waals surface area contributed by atoms with E-state index in [0.29, 0.717) is 24.7 Å². The first-order valence-corrected chi connectivity index (χ1v) is 9.89. The maximum absolute atomic E-state index is 11.9. The monoisotopic (exact) mass is 332 g/mol. The fourth-order valence-electron chi connectivity index (χ4n) is 7.36. The number of rotatable bonds is 1. The molecule has 3 heteroatoms. The van der Waals surface area contributed by atoms with Crippen LogP contribution in [0.4, 0.5) is 0 Å². The zero-order valence-electron chi connectivity index (χ0n) is 15.3. The Morgan fingerprint density at radius 2 is 1.96 bits per heavy atom. The average molecular weight is 332 g/mol. The zero-order chi connectivity index (χ0) is 17.3. The lowest BCUT2D eigenvalue weighted by Gasteiger charge is -2.60. The number of ketones is 1. The molecule has 0 bridgehead atoms. The fraction of sp³-hybridized carbons (Fsp3) is 0.857.